The second-order valence-corrected chi connectivity index (χ2v) is 6.98. The quantitative estimate of drug-likeness (QED) is 0.260. The molecule has 1 aliphatic rings. The molecule has 5 N–H and O–H groups in total. The average Bonchev–Trinajstić information content (AvgIpc) is 3.03. The molecule has 26 heavy (non-hydrogen) atoms. The molecule has 0 spiro atoms. The molecule has 2 aromatic heterocycles. The van der Waals surface area contributed by atoms with Gasteiger partial charge in [0.05, 0.1) is 13.7 Å². The molecular weight excluding hydrogens is 373 g/mol. The van der Waals surface area contributed by atoms with Crippen LogP contribution in [0.1, 0.15) is 6.23 Å². The molecule has 2 aromatic rings. The Bertz CT molecular complexity index is 869. The normalized spacial score (nSPS) is 26.5. The maximum absolute atomic E-state index is 12.1. The zero-order valence-electron chi connectivity index (χ0n) is 13.8. The lowest BCUT2D eigenvalue weighted by Gasteiger charge is -2.14. The third-order valence-corrected chi connectivity index (χ3v) is 4.46. The number of aliphatic hydroxyl groups is 2. The highest BCUT2D eigenvalue weighted by molar-refractivity contribution is 7.46. The van der Waals surface area contributed by atoms with Crippen LogP contribution in [0, 0.1) is 0 Å². The number of fused-ring (bicyclic) bond motifs is 1. The van der Waals surface area contributed by atoms with Gasteiger partial charge < -0.3 is 35.2 Å². The number of aliphatic hydroxyl groups excluding tert-OH is 2. The highest BCUT2D eigenvalue weighted by atomic mass is 31.2. The van der Waals surface area contributed by atoms with Crippen molar-refractivity contribution in [1.29, 1.82) is 0 Å². The SMILES string of the molecule is CNc1nc([O-])c2c(n1)[n+]([C@@H]1O[C@H](COP(=O)(O)O)[C@@H](O)[C@H]1O)cn2C. The predicted octanol–water partition coefficient (Wildman–Crippen LogP) is -2.90. The van der Waals surface area contributed by atoms with Crippen LogP contribution in [-0.2, 0) is 20.9 Å². The number of aryl methyl sites for hydroxylation is 1. The number of phosphoric acid groups is 1. The van der Waals surface area contributed by atoms with Gasteiger partial charge in [0, 0.05) is 12.9 Å². The van der Waals surface area contributed by atoms with Gasteiger partial charge in [-0.3, -0.25) is 9.09 Å². The molecule has 0 aliphatic carbocycles. The number of ether oxygens (including phenoxy) is 1. The number of nitrogens with one attached hydrogen (secondary N) is 1. The number of phosphoric ester groups is 1. The lowest BCUT2D eigenvalue weighted by atomic mass is 10.1. The van der Waals surface area contributed by atoms with E-state index in [2.05, 4.69) is 19.8 Å². The van der Waals surface area contributed by atoms with Crippen molar-refractivity contribution in [2.75, 3.05) is 19.0 Å². The van der Waals surface area contributed by atoms with E-state index in [0.29, 0.717) is 0 Å². The summed E-state index contributed by atoms with van der Waals surface area (Å²) in [5.41, 5.74) is 0.314. The Labute approximate surface area is 146 Å². The standard InChI is InChI=1S/C12H18N5O8P/c1-13-12-14-9-6(10(20)15-12)16(2)4-17(9)11-8(19)7(18)5(25-11)3-24-26(21,22)23/h4-5,7-8,11,18-19H,3H2,1-2H3,(H3-,13,14,15,20,21,22,23)/t5-,7-,8-,11-/m1/s1. The summed E-state index contributed by atoms with van der Waals surface area (Å²) in [6.07, 6.45) is -3.82. The number of imidazole rings is 1. The Morgan fingerprint density at radius 2 is 2.12 bits per heavy atom. The first-order valence-electron chi connectivity index (χ1n) is 7.47. The summed E-state index contributed by atoms with van der Waals surface area (Å²) in [4.78, 5) is 25.5. The maximum atomic E-state index is 12.1. The molecule has 1 saturated heterocycles. The molecule has 3 rings (SSSR count). The first-order chi connectivity index (χ1) is 12.1. The third kappa shape index (κ3) is 3.38. The topological polar surface area (TPSA) is 186 Å². The Morgan fingerprint density at radius 3 is 2.73 bits per heavy atom. The highest BCUT2D eigenvalue weighted by Crippen LogP contribution is 2.38. The minimum atomic E-state index is -4.76. The second-order valence-electron chi connectivity index (χ2n) is 5.74. The van der Waals surface area contributed by atoms with Gasteiger partial charge in [-0.2, -0.15) is 0 Å². The molecule has 0 saturated carbocycles. The highest BCUT2D eigenvalue weighted by Gasteiger charge is 2.47. The van der Waals surface area contributed by atoms with Gasteiger partial charge in [0.1, 0.15) is 18.3 Å². The molecule has 1 fully saturated rings. The van der Waals surface area contributed by atoms with Gasteiger partial charge in [0.25, 0.3) is 5.95 Å². The molecule has 0 radical (unpaired) electrons. The number of aromatic nitrogens is 4. The van der Waals surface area contributed by atoms with E-state index in [1.165, 1.54) is 22.5 Å². The van der Waals surface area contributed by atoms with Crippen LogP contribution in [0.4, 0.5) is 5.95 Å². The van der Waals surface area contributed by atoms with Crippen LogP contribution in [0.25, 0.3) is 11.2 Å². The van der Waals surface area contributed by atoms with E-state index < -0.39 is 44.8 Å². The van der Waals surface area contributed by atoms with Gasteiger partial charge in [0.15, 0.2) is 11.8 Å². The summed E-state index contributed by atoms with van der Waals surface area (Å²) in [7, 11) is -1.65. The molecular formula is C12H18N5O8P. The second kappa shape index (κ2) is 6.70. The van der Waals surface area contributed by atoms with Crippen molar-refractivity contribution in [2.24, 2.45) is 7.05 Å². The van der Waals surface area contributed by atoms with Crippen molar-refractivity contribution < 1.29 is 43.5 Å². The monoisotopic (exact) mass is 391 g/mol. The van der Waals surface area contributed by atoms with Crippen LogP contribution in [0.15, 0.2) is 6.33 Å². The van der Waals surface area contributed by atoms with Gasteiger partial charge in [0.2, 0.25) is 6.23 Å². The largest absolute Gasteiger partial charge is 0.856 e. The zero-order chi connectivity index (χ0) is 19.2. The molecule has 3 heterocycles. The van der Waals surface area contributed by atoms with Gasteiger partial charge in [-0.05, 0) is 0 Å². The van der Waals surface area contributed by atoms with E-state index in [1.807, 2.05) is 0 Å². The van der Waals surface area contributed by atoms with E-state index in [0.717, 1.165) is 0 Å². The summed E-state index contributed by atoms with van der Waals surface area (Å²) >= 11 is 0. The number of hydrogen-bond acceptors (Lipinski definition) is 9. The van der Waals surface area contributed by atoms with Crippen LogP contribution >= 0.6 is 7.82 Å². The first kappa shape index (κ1) is 18.9. The van der Waals surface area contributed by atoms with Crippen LogP contribution in [-0.4, -0.2) is 66.5 Å². The fraction of sp³-hybridized carbons (Fsp3) is 0.583. The lowest BCUT2D eigenvalue weighted by molar-refractivity contribution is -0.745. The maximum Gasteiger partial charge on any atom is 0.469 e. The molecule has 0 bridgehead atoms. The fourth-order valence-electron chi connectivity index (χ4n) is 2.78. The Hall–Kier alpha value is -1.86. The van der Waals surface area contributed by atoms with Crippen LogP contribution in [0.5, 0.6) is 5.88 Å². The third-order valence-electron chi connectivity index (χ3n) is 3.97. The van der Waals surface area contributed by atoms with Crippen molar-refractivity contribution in [3.63, 3.8) is 0 Å². The molecule has 1 aliphatic heterocycles. The summed E-state index contributed by atoms with van der Waals surface area (Å²) in [6.45, 7) is -0.631. The number of nitrogens with zero attached hydrogens (tertiary/aromatic N) is 4. The molecule has 0 unspecified atom stereocenters. The summed E-state index contributed by atoms with van der Waals surface area (Å²) in [5.74, 6) is -0.480. The Kier molecular flexibility index (Phi) is 4.88. The Morgan fingerprint density at radius 1 is 1.42 bits per heavy atom. The molecule has 0 amide bonds. The molecule has 4 atom stereocenters. The van der Waals surface area contributed by atoms with Crippen molar-refractivity contribution in [2.45, 2.75) is 24.5 Å². The van der Waals surface area contributed by atoms with Crippen molar-refractivity contribution in [1.82, 2.24) is 14.5 Å². The van der Waals surface area contributed by atoms with Gasteiger partial charge in [-0.1, -0.05) is 4.98 Å². The van der Waals surface area contributed by atoms with Crippen molar-refractivity contribution in [3.8, 4) is 5.88 Å². The zero-order valence-corrected chi connectivity index (χ0v) is 14.6. The molecule has 144 valence electrons. The number of hydrogen-bond donors (Lipinski definition) is 5. The van der Waals surface area contributed by atoms with E-state index in [-0.39, 0.29) is 17.1 Å². The number of rotatable bonds is 5. The van der Waals surface area contributed by atoms with E-state index in [9.17, 15) is 19.9 Å². The minimum absolute atomic E-state index is 0.0665. The van der Waals surface area contributed by atoms with Crippen molar-refractivity contribution >= 4 is 24.9 Å². The lowest BCUT2D eigenvalue weighted by Crippen LogP contribution is -2.46. The summed E-state index contributed by atoms with van der Waals surface area (Å²) in [5, 5.41) is 35.2. The fourth-order valence-corrected chi connectivity index (χ4v) is 3.12. The smallest absolute Gasteiger partial charge is 0.469 e. The van der Waals surface area contributed by atoms with E-state index in [1.54, 1.807) is 7.05 Å². The van der Waals surface area contributed by atoms with Crippen LogP contribution in [0.3, 0.4) is 0 Å². The summed E-state index contributed by atoms with van der Waals surface area (Å²) in [6, 6.07) is 0. The number of anilines is 1. The first-order valence-corrected chi connectivity index (χ1v) is 9.00. The molecule has 0 aromatic carbocycles. The molecule has 14 heteroatoms. The van der Waals surface area contributed by atoms with Gasteiger partial charge in [-0.15, -0.1) is 0 Å². The van der Waals surface area contributed by atoms with Crippen LogP contribution < -0.4 is 15.0 Å². The minimum Gasteiger partial charge on any atom is -0.856 e. The Balaban J connectivity index is 1.96. The van der Waals surface area contributed by atoms with E-state index in [4.69, 9.17) is 14.5 Å². The summed E-state index contributed by atoms with van der Waals surface area (Å²) < 4.78 is 23.4. The molecule has 13 nitrogen and oxygen atoms in total. The van der Waals surface area contributed by atoms with Crippen LogP contribution in [0.2, 0.25) is 0 Å². The predicted molar refractivity (Wildman–Crippen MR) is 81.6 cm³/mol. The van der Waals surface area contributed by atoms with Gasteiger partial charge >= 0.3 is 13.5 Å². The van der Waals surface area contributed by atoms with E-state index >= 15 is 0 Å². The van der Waals surface area contributed by atoms with Gasteiger partial charge in [-0.25, -0.2) is 14.1 Å². The average molecular weight is 391 g/mol. The van der Waals surface area contributed by atoms with Crippen molar-refractivity contribution in [3.05, 3.63) is 6.33 Å².